The minimum atomic E-state index is -0.239. The molecule has 5 rings (SSSR count). The predicted octanol–water partition coefficient (Wildman–Crippen LogP) is 6.46. The Balaban J connectivity index is 2.18. The Bertz CT molecular complexity index is 1360. The average Bonchev–Trinajstić information content (AvgIpc) is 2.71. The Labute approximate surface area is 155 Å². The molecule has 0 fully saturated rings. The second-order valence-electron chi connectivity index (χ2n) is 6.63. The summed E-state index contributed by atoms with van der Waals surface area (Å²) in [6.07, 6.45) is 0. The Hall–Kier alpha value is -3.33. The molecular formula is C24H17FO2. The van der Waals surface area contributed by atoms with E-state index in [0.717, 1.165) is 43.1 Å². The van der Waals surface area contributed by atoms with Crippen LogP contribution in [0.15, 0.2) is 66.7 Å². The maximum Gasteiger partial charge on any atom is 0.169 e. The molecule has 0 heterocycles. The molecule has 5 aromatic rings. The van der Waals surface area contributed by atoms with E-state index in [2.05, 4.69) is 24.3 Å². The lowest BCUT2D eigenvalue weighted by Crippen LogP contribution is -1.95. The smallest absolute Gasteiger partial charge is 0.169 e. The molecule has 2 nitrogen and oxygen atoms in total. The summed E-state index contributed by atoms with van der Waals surface area (Å²) < 4.78 is 25.3. The van der Waals surface area contributed by atoms with E-state index in [1.54, 1.807) is 20.3 Å². The van der Waals surface area contributed by atoms with Gasteiger partial charge in [0.05, 0.1) is 14.2 Å². The fourth-order valence-corrected chi connectivity index (χ4v) is 4.14. The van der Waals surface area contributed by atoms with Gasteiger partial charge in [-0.05, 0) is 45.8 Å². The second-order valence-corrected chi connectivity index (χ2v) is 6.63. The van der Waals surface area contributed by atoms with Crippen LogP contribution >= 0.6 is 0 Å². The average molecular weight is 356 g/mol. The van der Waals surface area contributed by atoms with Crippen molar-refractivity contribution < 1.29 is 13.9 Å². The maximum atomic E-state index is 13.8. The molecule has 0 amide bonds. The molecule has 0 aliphatic rings. The number of fused-ring (bicyclic) bond motifs is 7. The first kappa shape index (κ1) is 15.9. The Morgan fingerprint density at radius 1 is 0.593 bits per heavy atom. The van der Waals surface area contributed by atoms with E-state index in [0.29, 0.717) is 11.5 Å². The van der Waals surface area contributed by atoms with Gasteiger partial charge in [-0.15, -0.1) is 0 Å². The van der Waals surface area contributed by atoms with Crippen molar-refractivity contribution in [2.24, 2.45) is 0 Å². The minimum Gasteiger partial charge on any atom is -0.492 e. The minimum absolute atomic E-state index is 0.239. The van der Waals surface area contributed by atoms with Crippen molar-refractivity contribution in [3.63, 3.8) is 0 Å². The zero-order valence-corrected chi connectivity index (χ0v) is 15.0. The van der Waals surface area contributed by atoms with Gasteiger partial charge in [0, 0.05) is 21.5 Å². The highest BCUT2D eigenvalue weighted by atomic mass is 19.1. The highest BCUT2D eigenvalue weighted by Crippen LogP contribution is 2.47. The van der Waals surface area contributed by atoms with E-state index in [4.69, 9.17) is 9.47 Å². The van der Waals surface area contributed by atoms with Crippen molar-refractivity contribution in [3.05, 3.63) is 72.5 Å². The van der Waals surface area contributed by atoms with Gasteiger partial charge in [-0.1, -0.05) is 42.5 Å². The summed E-state index contributed by atoms with van der Waals surface area (Å²) in [6, 6.07) is 21.3. The fourth-order valence-electron chi connectivity index (χ4n) is 4.14. The standard InChI is InChI=1S/C24H17FO2/c1-26-23-19-10-7-14-5-3-4-6-17(14)21(19)22-18-12-9-16(25)13-15(18)8-11-20(22)24(23)27-2/h3-13H,1-2H3. The quantitative estimate of drug-likeness (QED) is 0.338. The predicted molar refractivity (Wildman–Crippen MR) is 110 cm³/mol. The van der Waals surface area contributed by atoms with E-state index >= 15 is 0 Å². The second kappa shape index (κ2) is 5.85. The molecular weight excluding hydrogens is 339 g/mol. The maximum absolute atomic E-state index is 13.8. The van der Waals surface area contributed by atoms with Crippen molar-refractivity contribution >= 4 is 43.1 Å². The fraction of sp³-hybridized carbons (Fsp3) is 0.0833. The van der Waals surface area contributed by atoms with Crippen molar-refractivity contribution in [1.29, 1.82) is 0 Å². The SMILES string of the molecule is COc1c(OC)c2ccc3cc(F)ccc3c2c2c1ccc1ccccc12. The molecule has 0 aliphatic heterocycles. The van der Waals surface area contributed by atoms with Crippen molar-refractivity contribution in [2.45, 2.75) is 0 Å². The first-order valence-corrected chi connectivity index (χ1v) is 8.80. The van der Waals surface area contributed by atoms with Crippen LogP contribution in [0, 0.1) is 5.82 Å². The number of methoxy groups -OCH3 is 2. The molecule has 0 bridgehead atoms. The summed E-state index contributed by atoms with van der Waals surface area (Å²) >= 11 is 0. The molecule has 0 radical (unpaired) electrons. The third-order valence-electron chi connectivity index (χ3n) is 5.26. The third-order valence-corrected chi connectivity index (χ3v) is 5.26. The molecule has 27 heavy (non-hydrogen) atoms. The van der Waals surface area contributed by atoms with Crippen molar-refractivity contribution in [1.82, 2.24) is 0 Å². The van der Waals surface area contributed by atoms with E-state index in [1.807, 2.05) is 30.3 Å². The summed E-state index contributed by atoms with van der Waals surface area (Å²) in [6.45, 7) is 0. The van der Waals surface area contributed by atoms with Crippen LogP contribution in [-0.4, -0.2) is 14.2 Å². The molecule has 0 saturated heterocycles. The van der Waals surface area contributed by atoms with Crippen LogP contribution in [0.5, 0.6) is 11.5 Å². The molecule has 0 aliphatic carbocycles. The molecule has 0 spiro atoms. The van der Waals surface area contributed by atoms with Gasteiger partial charge in [0.25, 0.3) is 0 Å². The Morgan fingerprint density at radius 3 is 1.81 bits per heavy atom. The number of ether oxygens (including phenoxy) is 2. The number of hydrogen-bond acceptors (Lipinski definition) is 2. The monoisotopic (exact) mass is 356 g/mol. The van der Waals surface area contributed by atoms with E-state index in [1.165, 1.54) is 6.07 Å². The molecule has 0 saturated carbocycles. The molecule has 3 heteroatoms. The Morgan fingerprint density at radius 2 is 1.15 bits per heavy atom. The van der Waals surface area contributed by atoms with Gasteiger partial charge in [-0.3, -0.25) is 0 Å². The van der Waals surface area contributed by atoms with Crippen LogP contribution in [0.25, 0.3) is 43.1 Å². The van der Waals surface area contributed by atoms with E-state index in [9.17, 15) is 4.39 Å². The summed E-state index contributed by atoms with van der Waals surface area (Å²) in [7, 11) is 3.31. The molecule has 0 aromatic heterocycles. The van der Waals surface area contributed by atoms with Crippen LogP contribution in [0.3, 0.4) is 0 Å². The van der Waals surface area contributed by atoms with Crippen LogP contribution in [-0.2, 0) is 0 Å². The van der Waals surface area contributed by atoms with Crippen LogP contribution < -0.4 is 9.47 Å². The van der Waals surface area contributed by atoms with Gasteiger partial charge in [-0.25, -0.2) is 4.39 Å². The zero-order valence-electron chi connectivity index (χ0n) is 15.0. The lowest BCUT2D eigenvalue weighted by Gasteiger charge is -2.18. The lowest BCUT2D eigenvalue weighted by atomic mass is 9.91. The van der Waals surface area contributed by atoms with Gasteiger partial charge in [0.1, 0.15) is 5.82 Å². The third kappa shape index (κ3) is 2.18. The number of hydrogen-bond donors (Lipinski definition) is 0. The summed E-state index contributed by atoms with van der Waals surface area (Å²) in [5.41, 5.74) is 0. The number of benzene rings is 5. The molecule has 132 valence electrons. The first-order valence-electron chi connectivity index (χ1n) is 8.80. The number of rotatable bonds is 2. The van der Waals surface area contributed by atoms with Gasteiger partial charge in [-0.2, -0.15) is 0 Å². The number of halogens is 1. The van der Waals surface area contributed by atoms with Gasteiger partial charge >= 0.3 is 0 Å². The highest BCUT2D eigenvalue weighted by Gasteiger charge is 2.19. The van der Waals surface area contributed by atoms with Crippen molar-refractivity contribution in [2.75, 3.05) is 14.2 Å². The van der Waals surface area contributed by atoms with Crippen LogP contribution in [0.1, 0.15) is 0 Å². The summed E-state index contributed by atoms with van der Waals surface area (Å²) in [5.74, 6) is 1.17. The lowest BCUT2D eigenvalue weighted by molar-refractivity contribution is 0.362. The van der Waals surface area contributed by atoms with Crippen molar-refractivity contribution in [3.8, 4) is 11.5 Å². The van der Waals surface area contributed by atoms with Crippen LogP contribution in [0.4, 0.5) is 4.39 Å². The van der Waals surface area contributed by atoms with Gasteiger partial charge in [0.15, 0.2) is 11.5 Å². The van der Waals surface area contributed by atoms with E-state index in [-0.39, 0.29) is 5.82 Å². The molecule has 5 aromatic carbocycles. The van der Waals surface area contributed by atoms with Gasteiger partial charge < -0.3 is 9.47 Å². The highest BCUT2D eigenvalue weighted by molar-refractivity contribution is 6.30. The molecule has 0 N–H and O–H groups in total. The topological polar surface area (TPSA) is 18.5 Å². The molecule has 0 atom stereocenters. The Kier molecular flexibility index (Phi) is 3.44. The van der Waals surface area contributed by atoms with Crippen LogP contribution in [0.2, 0.25) is 0 Å². The molecule has 0 unspecified atom stereocenters. The largest absolute Gasteiger partial charge is 0.492 e. The normalized spacial score (nSPS) is 11.5. The first-order chi connectivity index (χ1) is 13.2. The van der Waals surface area contributed by atoms with Gasteiger partial charge in [0.2, 0.25) is 0 Å². The summed E-state index contributed by atoms with van der Waals surface area (Å²) in [4.78, 5) is 0. The zero-order chi connectivity index (χ0) is 18.5. The van der Waals surface area contributed by atoms with E-state index < -0.39 is 0 Å². The summed E-state index contributed by atoms with van der Waals surface area (Å²) in [5, 5.41) is 8.24.